The van der Waals surface area contributed by atoms with E-state index in [2.05, 4.69) is 17.4 Å². The molecule has 0 aromatic heterocycles. The number of halogens is 1. The van der Waals surface area contributed by atoms with Crippen molar-refractivity contribution in [2.45, 2.75) is 44.4 Å². The third-order valence-electron chi connectivity index (χ3n) is 7.86. The molecule has 0 radical (unpaired) electrons. The summed E-state index contributed by atoms with van der Waals surface area (Å²) in [7, 11) is 1.68. The van der Waals surface area contributed by atoms with E-state index >= 15 is 0 Å². The SMILES string of the molecule is CN1CC(=O)N2[C@@H](Cc3ccc(O)cc3)C(=O)N(CCCCc3ccccc3)C[C@@H]2N1C(=O)NCc1ccc(F)cc1. The molecule has 2 heterocycles. The molecular weight excluding hydrogens is 537 g/mol. The average Bonchev–Trinajstić information content (AvgIpc) is 2.98. The number of phenols is 1. The summed E-state index contributed by atoms with van der Waals surface area (Å²) in [5, 5.41) is 15.7. The number of phenolic OH excluding ortho intramolecular Hbond substituents is 1. The Balaban J connectivity index is 1.35. The summed E-state index contributed by atoms with van der Waals surface area (Å²) in [6, 6.07) is 21.5. The van der Waals surface area contributed by atoms with Crippen molar-refractivity contribution in [2.75, 3.05) is 26.7 Å². The molecule has 0 spiro atoms. The average molecular weight is 574 g/mol. The lowest BCUT2D eigenvalue weighted by molar-refractivity contribution is -0.186. The summed E-state index contributed by atoms with van der Waals surface area (Å²) in [6.45, 7) is 0.821. The fraction of sp³-hybridized carbons (Fsp3) is 0.344. The Bertz CT molecular complexity index is 1390. The standard InChI is InChI=1S/C32H36FN5O4/c1-35-22-30(40)37-28(19-24-12-16-27(39)17-13-24)31(41)36(18-6-5-9-23-7-3-2-4-8-23)21-29(37)38(35)32(42)34-20-25-10-14-26(33)15-11-25/h2-4,7-8,10-17,28-29,39H,5-6,9,18-22H2,1H3,(H,34,42)/t28-,29-/m0/s1. The number of piperazine rings is 1. The van der Waals surface area contributed by atoms with Crippen LogP contribution in [0.1, 0.15) is 29.5 Å². The minimum atomic E-state index is -0.795. The quantitative estimate of drug-likeness (QED) is 0.382. The number of rotatable bonds is 9. The summed E-state index contributed by atoms with van der Waals surface area (Å²) in [4.78, 5) is 44.2. The van der Waals surface area contributed by atoms with Crippen molar-refractivity contribution in [3.05, 3.63) is 101 Å². The highest BCUT2D eigenvalue weighted by molar-refractivity contribution is 5.91. The van der Waals surface area contributed by atoms with Gasteiger partial charge in [0.25, 0.3) is 0 Å². The van der Waals surface area contributed by atoms with Gasteiger partial charge in [0.15, 0.2) is 0 Å². The van der Waals surface area contributed by atoms with E-state index in [0.29, 0.717) is 6.54 Å². The van der Waals surface area contributed by atoms with Gasteiger partial charge in [0.2, 0.25) is 11.8 Å². The van der Waals surface area contributed by atoms with Gasteiger partial charge in [0.1, 0.15) is 23.8 Å². The van der Waals surface area contributed by atoms with Crippen LogP contribution in [0.2, 0.25) is 0 Å². The molecule has 3 aromatic rings. The maximum atomic E-state index is 13.9. The Morgan fingerprint density at radius 1 is 0.929 bits per heavy atom. The first kappa shape index (κ1) is 29.1. The largest absolute Gasteiger partial charge is 0.508 e. The second kappa shape index (κ2) is 13.0. The Labute approximate surface area is 245 Å². The zero-order valence-electron chi connectivity index (χ0n) is 23.7. The van der Waals surface area contributed by atoms with E-state index in [1.807, 2.05) is 18.2 Å². The Kier molecular flexibility index (Phi) is 9.02. The molecule has 2 N–H and O–H groups in total. The van der Waals surface area contributed by atoms with Crippen molar-refractivity contribution in [3.63, 3.8) is 0 Å². The summed E-state index contributed by atoms with van der Waals surface area (Å²) in [5.74, 6) is -0.619. The molecule has 10 heteroatoms. The van der Waals surface area contributed by atoms with E-state index in [1.54, 1.807) is 58.3 Å². The molecular formula is C32H36FN5O4. The van der Waals surface area contributed by atoms with Crippen molar-refractivity contribution in [1.82, 2.24) is 25.1 Å². The predicted molar refractivity (Wildman–Crippen MR) is 155 cm³/mol. The lowest BCUT2D eigenvalue weighted by Gasteiger charge is -2.54. The van der Waals surface area contributed by atoms with Crippen LogP contribution in [0.15, 0.2) is 78.9 Å². The van der Waals surface area contributed by atoms with Crippen molar-refractivity contribution in [2.24, 2.45) is 0 Å². The predicted octanol–water partition coefficient (Wildman–Crippen LogP) is 3.53. The van der Waals surface area contributed by atoms with Crippen LogP contribution in [0.4, 0.5) is 9.18 Å². The maximum Gasteiger partial charge on any atom is 0.334 e. The first-order valence-corrected chi connectivity index (χ1v) is 14.2. The van der Waals surface area contributed by atoms with E-state index in [9.17, 15) is 23.9 Å². The van der Waals surface area contributed by atoms with Gasteiger partial charge >= 0.3 is 6.03 Å². The van der Waals surface area contributed by atoms with Gasteiger partial charge in [0.05, 0.1) is 13.1 Å². The Hall–Kier alpha value is -4.44. The fourth-order valence-corrected chi connectivity index (χ4v) is 5.70. The van der Waals surface area contributed by atoms with Gasteiger partial charge in [-0.2, -0.15) is 0 Å². The van der Waals surface area contributed by atoms with Crippen LogP contribution in [0.5, 0.6) is 5.75 Å². The molecule has 0 unspecified atom stereocenters. The van der Waals surface area contributed by atoms with Gasteiger partial charge < -0.3 is 20.2 Å². The van der Waals surface area contributed by atoms with Gasteiger partial charge in [-0.3, -0.25) is 9.59 Å². The van der Waals surface area contributed by atoms with Crippen LogP contribution in [-0.4, -0.2) is 81.7 Å². The summed E-state index contributed by atoms with van der Waals surface area (Å²) in [6.07, 6.45) is 2.13. The van der Waals surface area contributed by atoms with Gasteiger partial charge in [-0.15, -0.1) is 0 Å². The number of nitrogens with zero attached hydrogens (tertiary/aromatic N) is 4. The minimum Gasteiger partial charge on any atom is -0.508 e. The highest BCUT2D eigenvalue weighted by Gasteiger charge is 2.50. The molecule has 0 saturated carbocycles. The molecule has 220 valence electrons. The lowest BCUT2D eigenvalue weighted by atomic mass is 9.98. The molecule has 0 bridgehead atoms. The number of amides is 4. The van der Waals surface area contributed by atoms with E-state index in [0.717, 1.165) is 30.4 Å². The number of aromatic hydroxyl groups is 1. The third-order valence-corrected chi connectivity index (χ3v) is 7.86. The molecule has 42 heavy (non-hydrogen) atoms. The van der Waals surface area contributed by atoms with Crippen molar-refractivity contribution >= 4 is 17.8 Å². The maximum absolute atomic E-state index is 13.9. The number of hydrogen-bond donors (Lipinski definition) is 2. The fourth-order valence-electron chi connectivity index (χ4n) is 5.70. The van der Waals surface area contributed by atoms with Crippen LogP contribution < -0.4 is 5.32 Å². The van der Waals surface area contributed by atoms with Crippen molar-refractivity contribution < 1.29 is 23.9 Å². The number of hydrogen-bond acceptors (Lipinski definition) is 5. The Morgan fingerprint density at radius 3 is 2.33 bits per heavy atom. The molecule has 2 aliphatic rings. The number of fused-ring (bicyclic) bond motifs is 1. The molecule has 9 nitrogen and oxygen atoms in total. The minimum absolute atomic E-state index is 0.0586. The zero-order valence-corrected chi connectivity index (χ0v) is 23.7. The number of carbonyl (C=O) groups is 3. The molecule has 2 fully saturated rings. The zero-order chi connectivity index (χ0) is 29.6. The van der Waals surface area contributed by atoms with Crippen molar-refractivity contribution in [3.8, 4) is 5.75 Å². The number of unbranched alkanes of at least 4 members (excludes halogenated alkanes) is 1. The van der Waals surface area contributed by atoms with Crippen LogP contribution in [-0.2, 0) is 29.0 Å². The van der Waals surface area contributed by atoms with E-state index in [1.165, 1.54) is 22.7 Å². The van der Waals surface area contributed by atoms with Crippen LogP contribution >= 0.6 is 0 Å². The van der Waals surface area contributed by atoms with Gasteiger partial charge in [-0.25, -0.2) is 19.2 Å². The number of urea groups is 1. The molecule has 5 rings (SSSR count). The molecule has 0 aliphatic carbocycles. The Morgan fingerprint density at radius 2 is 1.62 bits per heavy atom. The van der Waals surface area contributed by atoms with Crippen LogP contribution in [0.25, 0.3) is 0 Å². The van der Waals surface area contributed by atoms with Crippen LogP contribution in [0.3, 0.4) is 0 Å². The first-order valence-electron chi connectivity index (χ1n) is 14.2. The monoisotopic (exact) mass is 573 g/mol. The second-order valence-corrected chi connectivity index (χ2v) is 10.8. The van der Waals surface area contributed by atoms with Gasteiger partial charge in [0, 0.05) is 26.6 Å². The lowest BCUT2D eigenvalue weighted by Crippen LogP contribution is -2.76. The molecule has 2 saturated heterocycles. The summed E-state index contributed by atoms with van der Waals surface area (Å²) < 4.78 is 13.3. The summed E-state index contributed by atoms with van der Waals surface area (Å²) >= 11 is 0. The second-order valence-electron chi connectivity index (χ2n) is 10.8. The van der Waals surface area contributed by atoms with E-state index in [4.69, 9.17) is 0 Å². The highest BCUT2D eigenvalue weighted by Crippen LogP contribution is 2.28. The number of likely N-dealkylation sites (N-methyl/N-ethyl adjacent to an activating group) is 1. The van der Waals surface area contributed by atoms with E-state index < -0.39 is 18.2 Å². The highest BCUT2D eigenvalue weighted by atomic mass is 19.1. The number of carbonyl (C=O) groups excluding carboxylic acids is 3. The van der Waals surface area contributed by atoms with Gasteiger partial charge in [-0.1, -0.05) is 54.6 Å². The molecule has 3 aromatic carbocycles. The smallest absolute Gasteiger partial charge is 0.334 e. The third kappa shape index (κ3) is 6.71. The number of benzene rings is 3. The summed E-state index contributed by atoms with van der Waals surface area (Å²) in [5.41, 5.74) is 2.78. The van der Waals surface area contributed by atoms with Crippen LogP contribution in [0, 0.1) is 5.82 Å². The molecule has 4 amide bonds. The van der Waals surface area contributed by atoms with E-state index in [-0.39, 0.29) is 49.4 Å². The first-order chi connectivity index (χ1) is 20.3. The number of nitrogens with one attached hydrogen (secondary N) is 1. The van der Waals surface area contributed by atoms with Gasteiger partial charge in [-0.05, 0) is 60.2 Å². The number of aryl methyl sites for hydroxylation is 1. The van der Waals surface area contributed by atoms with Crippen molar-refractivity contribution in [1.29, 1.82) is 0 Å². The normalized spacial score (nSPS) is 19.1. The molecule has 2 atom stereocenters. The topological polar surface area (TPSA) is 96.4 Å². The number of hydrazine groups is 1. The molecule has 2 aliphatic heterocycles.